The predicted molar refractivity (Wildman–Crippen MR) is 105 cm³/mol. The van der Waals surface area contributed by atoms with Crippen molar-refractivity contribution in [2.45, 2.75) is 30.6 Å². The molecule has 0 spiro atoms. The van der Waals surface area contributed by atoms with E-state index in [-0.39, 0.29) is 26.3 Å². The van der Waals surface area contributed by atoms with Gasteiger partial charge in [0.1, 0.15) is 5.02 Å². The number of nitrogens with zero attached hydrogens (tertiary/aromatic N) is 1. The largest absolute Gasteiger partial charge is 0.421 e. The van der Waals surface area contributed by atoms with Gasteiger partial charge in [-0.15, -0.1) is 0 Å². The van der Waals surface area contributed by atoms with Gasteiger partial charge in [0.05, 0.1) is 15.5 Å². The Hall–Kier alpha value is -1.60. The number of benzene rings is 2. The van der Waals surface area contributed by atoms with Crippen molar-refractivity contribution in [2.24, 2.45) is 0 Å². The van der Waals surface area contributed by atoms with Crippen molar-refractivity contribution in [3.05, 3.63) is 58.1 Å². The zero-order valence-electron chi connectivity index (χ0n) is 14.5. The smallest absolute Gasteiger partial charge is 0.343 e. The Morgan fingerprint density at radius 1 is 0.963 bits per heavy atom. The van der Waals surface area contributed by atoms with Gasteiger partial charge in [0.15, 0.2) is 5.75 Å². The van der Waals surface area contributed by atoms with Gasteiger partial charge in [0.25, 0.3) is 0 Å². The summed E-state index contributed by atoms with van der Waals surface area (Å²) in [6.07, 6.45) is 3.74. The highest BCUT2D eigenvalue weighted by atomic mass is 35.5. The van der Waals surface area contributed by atoms with Crippen molar-refractivity contribution in [1.82, 2.24) is 4.31 Å². The van der Waals surface area contributed by atoms with E-state index in [2.05, 4.69) is 0 Å². The van der Waals surface area contributed by atoms with Crippen LogP contribution in [-0.2, 0) is 10.0 Å². The maximum absolute atomic E-state index is 12.9. The Bertz CT molecular complexity index is 938. The molecule has 0 unspecified atom stereocenters. The molecule has 8 heteroatoms. The number of carbonyl (C=O) groups excluding carboxylic acids is 1. The molecule has 3 rings (SSSR count). The van der Waals surface area contributed by atoms with Gasteiger partial charge in [-0.05, 0) is 43.2 Å². The van der Waals surface area contributed by atoms with Crippen molar-refractivity contribution in [2.75, 3.05) is 13.1 Å². The fraction of sp³-hybridized carbons (Fsp3) is 0.316. The Balaban J connectivity index is 1.84. The molecule has 5 nitrogen and oxygen atoms in total. The number of sulfonamides is 1. The van der Waals surface area contributed by atoms with Gasteiger partial charge in [-0.25, -0.2) is 13.2 Å². The highest BCUT2D eigenvalue weighted by Crippen LogP contribution is 2.32. The lowest BCUT2D eigenvalue weighted by atomic mass is 10.2. The second-order valence-corrected chi connectivity index (χ2v) is 9.01. The summed E-state index contributed by atoms with van der Waals surface area (Å²) in [5, 5.41) is 0.389. The first-order valence-electron chi connectivity index (χ1n) is 8.66. The summed E-state index contributed by atoms with van der Waals surface area (Å²) in [6.45, 7) is 0.990. The molecule has 0 aliphatic carbocycles. The molecule has 0 amide bonds. The average molecular weight is 428 g/mol. The Kier molecular flexibility index (Phi) is 6.42. The van der Waals surface area contributed by atoms with Gasteiger partial charge < -0.3 is 4.74 Å². The number of rotatable bonds is 4. The van der Waals surface area contributed by atoms with Crippen LogP contribution in [0.2, 0.25) is 10.0 Å². The van der Waals surface area contributed by atoms with Crippen LogP contribution < -0.4 is 4.74 Å². The van der Waals surface area contributed by atoms with Gasteiger partial charge in [0, 0.05) is 13.1 Å². The van der Waals surface area contributed by atoms with Crippen molar-refractivity contribution in [3.8, 4) is 5.75 Å². The van der Waals surface area contributed by atoms with Crippen LogP contribution in [0, 0.1) is 0 Å². The lowest BCUT2D eigenvalue weighted by molar-refractivity contribution is 0.0734. The quantitative estimate of drug-likeness (QED) is 0.520. The topological polar surface area (TPSA) is 63.7 Å². The summed E-state index contributed by atoms with van der Waals surface area (Å²) in [7, 11) is -3.65. The number of esters is 1. The van der Waals surface area contributed by atoms with Crippen molar-refractivity contribution < 1.29 is 17.9 Å². The van der Waals surface area contributed by atoms with Crippen molar-refractivity contribution in [1.29, 1.82) is 0 Å². The van der Waals surface area contributed by atoms with Gasteiger partial charge in [0.2, 0.25) is 10.0 Å². The minimum Gasteiger partial charge on any atom is -0.421 e. The van der Waals surface area contributed by atoms with Crippen LogP contribution in [0.5, 0.6) is 5.75 Å². The molecule has 0 aromatic heterocycles. The van der Waals surface area contributed by atoms with Crippen LogP contribution in [-0.4, -0.2) is 31.8 Å². The molecule has 1 fully saturated rings. The van der Waals surface area contributed by atoms with E-state index in [9.17, 15) is 13.2 Å². The minimum absolute atomic E-state index is 0.0797. The van der Waals surface area contributed by atoms with Crippen LogP contribution in [0.15, 0.2) is 47.4 Å². The van der Waals surface area contributed by atoms with Crippen LogP contribution in [0.1, 0.15) is 36.0 Å². The maximum Gasteiger partial charge on any atom is 0.343 e. The number of hydrogen-bond donors (Lipinski definition) is 0. The fourth-order valence-electron chi connectivity index (χ4n) is 2.94. The fourth-order valence-corrected chi connectivity index (χ4v) is 4.83. The van der Waals surface area contributed by atoms with Crippen molar-refractivity contribution in [3.63, 3.8) is 0 Å². The summed E-state index contributed by atoms with van der Waals surface area (Å²) in [5.41, 5.74) is 0.127. The molecule has 0 bridgehead atoms. The molecule has 2 aromatic rings. The first-order chi connectivity index (χ1) is 12.9. The van der Waals surface area contributed by atoms with E-state index in [1.807, 2.05) is 0 Å². The first-order valence-corrected chi connectivity index (χ1v) is 10.9. The maximum atomic E-state index is 12.9. The molecule has 1 heterocycles. The van der Waals surface area contributed by atoms with E-state index < -0.39 is 16.0 Å². The first kappa shape index (κ1) is 20.1. The normalized spacial score (nSPS) is 15.9. The lowest BCUT2D eigenvalue weighted by Gasteiger charge is -2.20. The Morgan fingerprint density at radius 3 is 2.33 bits per heavy atom. The second kappa shape index (κ2) is 8.61. The van der Waals surface area contributed by atoms with Crippen LogP contribution in [0.4, 0.5) is 0 Å². The molecule has 1 saturated heterocycles. The molecular formula is C19H19Cl2NO4S. The summed E-state index contributed by atoms with van der Waals surface area (Å²) in [4.78, 5) is 12.5. The molecule has 0 radical (unpaired) electrons. The molecule has 2 aromatic carbocycles. The third-order valence-corrected chi connectivity index (χ3v) is 7.09. The highest BCUT2D eigenvalue weighted by Gasteiger charge is 2.26. The number of hydrogen-bond acceptors (Lipinski definition) is 4. The molecule has 1 aliphatic heterocycles. The van der Waals surface area contributed by atoms with Crippen molar-refractivity contribution >= 4 is 39.2 Å². The zero-order valence-corrected chi connectivity index (χ0v) is 16.9. The third kappa shape index (κ3) is 4.63. The minimum atomic E-state index is -3.65. The average Bonchev–Trinajstić information content (AvgIpc) is 2.95. The standard InChI is InChI=1S/C19H19Cl2NO4S/c20-16-9-6-10-17(18(16)21)26-19(23)14-7-5-8-15(13-14)27(24,25)22-11-3-1-2-4-12-22/h5-10,13H,1-4,11-12H2. The zero-order chi connectivity index (χ0) is 19.4. The monoisotopic (exact) mass is 427 g/mol. The highest BCUT2D eigenvalue weighted by molar-refractivity contribution is 7.89. The molecule has 27 heavy (non-hydrogen) atoms. The lowest BCUT2D eigenvalue weighted by Crippen LogP contribution is -2.32. The van der Waals surface area contributed by atoms with E-state index >= 15 is 0 Å². The molecule has 0 N–H and O–H groups in total. The molecular weight excluding hydrogens is 409 g/mol. The number of carbonyl (C=O) groups is 1. The van der Waals surface area contributed by atoms with Gasteiger partial charge in [-0.3, -0.25) is 0 Å². The van der Waals surface area contributed by atoms with E-state index in [1.165, 1.54) is 34.6 Å². The summed E-state index contributed by atoms with van der Waals surface area (Å²) >= 11 is 12.0. The Morgan fingerprint density at radius 2 is 1.63 bits per heavy atom. The van der Waals surface area contributed by atoms with Crippen LogP contribution in [0.3, 0.4) is 0 Å². The van der Waals surface area contributed by atoms with Crippen LogP contribution in [0.25, 0.3) is 0 Å². The molecule has 144 valence electrons. The second-order valence-electron chi connectivity index (χ2n) is 6.29. The molecule has 1 aliphatic rings. The van der Waals surface area contributed by atoms with E-state index in [4.69, 9.17) is 27.9 Å². The summed E-state index contributed by atoms with van der Waals surface area (Å²) < 4.78 is 32.6. The number of ether oxygens (including phenoxy) is 1. The van der Waals surface area contributed by atoms with E-state index in [0.717, 1.165) is 25.7 Å². The molecule has 0 saturated carbocycles. The van der Waals surface area contributed by atoms with Gasteiger partial charge >= 0.3 is 5.97 Å². The Labute approximate surface area is 168 Å². The summed E-state index contributed by atoms with van der Waals surface area (Å²) in [6, 6.07) is 10.6. The predicted octanol–water partition coefficient (Wildman–Crippen LogP) is 4.78. The van der Waals surface area contributed by atoms with E-state index in [1.54, 1.807) is 12.1 Å². The SMILES string of the molecule is O=C(Oc1cccc(Cl)c1Cl)c1cccc(S(=O)(=O)N2CCCCCC2)c1. The van der Waals surface area contributed by atoms with Crippen LogP contribution >= 0.6 is 23.2 Å². The van der Waals surface area contributed by atoms with E-state index in [0.29, 0.717) is 13.1 Å². The third-order valence-electron chi connectivity index (χ3n) is 4.39. The molecule has 0 atom stereocenters. The number of halogens is 2. The summed E-state index contributed by atoms with van der Waals surface area (Å²) in [5.74, 6) is -0.581. The van der Waals surface area contributed by atoms with Gasteiger partial charge in [-0.2, -0.15) is 4.31 Å². The van der Waals surface area contributed by atoms with Gasteiger partial charge in [-0.1, -0.05) is 48.2 Å².